The van der Waals surface area contributed by atoms with Crippen molar-refractivity contribution in [3.05, 3.63) is 0 Å². The van der Waals surface area contributed by atoms with Gasteiger partial charge >= 0.3 is 0 Å². The first-order valence-electron chi connectivity index (χ1n) is 8.77. The monoisotopic (exact) mass is 262 g/mol. The number of aldehydes is 1. The van der Waals surface area contributed by atoms with Crippen LogP contribution in [-0.2, 0) is 4.79 Å². The van der Waals surface area contributed by atoms with Crippen LogP contribution in [0.4, 0.5) is 0 Å². The maximum absolute atomic E-state index is 11.0. The quantitative estimate of drug-likeness (QED) is 0.665. The van der Waals surface area contributed by atoms with Gasteiger partial charge in [0.2, 0.25) is 0 Å². The predicted molar refractivity (Wildman–Crippen MR) is 78.8 cm³/mol. The van der Waals surface area contributed by atoms with Crippen LogP contribution in [0, 0.1) is 35.5 Å². The van der Waals surface area contributed by atoms with Gasteiger partial charge < -0.3 is 4.79 Å². The zero-order chi connectivity index (χ0) is 13.2. The molecule has 0 spiro atoms. The summed E-state index contributed by atoms with van der Waals surface area (Å²) in [6.45, 7) is 2.34. The maximum Gasteiger partial charge on any atom is 0.123 e. The van der Waals surface area contributed by atoms with Crippen LogP contribution in [0.3, 0.4) is 0 Å². The molecule has 0 heterocycles. The van der Waals surface area contributed by atoms with Crippen LogP contribution in [0.1, 0.15) is 71.1 Å². The molecular weight excluding hydrogens is 232 g/mol. The van der Waals surface area contributed by atoms with Crippen molar-refractivity contribution in [3.8, 4) is 0 Å². The number of carbonyl (C=O) groups is 1. The topological polar surface area (TPSA) is 17.1 Å². The summed E-state index contributed by atoms with van der Waals surface area (Å²) < 4.78 is 0. The van der Waals surface area contributed by atoms with E-state index in [0.717, 1.165) is 29.6 Å². The second kappa shape index (κ2) is 5.97. The summed E-state index contributed by atoms with van der Waals surface area (Å²) in [7, 11) is 0. The Bertz CT molecular complexity index is 311. The zero-order valence-corrected chi connectivity index (χ0v) is 12.5. The van der Waals surface area contributed by atoms with Crippen LogP contribution in [0.5, 0.6) is 0 Å². The molecule has 3 fully saturated rings. The third kappa shape index (κ3) is 2.76. The van der Waals surface area contributed by atoms with Crippen molar-refractivity contribution in [3.63, 3.8) is 0 Å². The summed E-state index contributed by atoms with van der Waals surface area (Å²) in [4.78, 5) is 11.0. The lowest BCUT2D eigenvalue weighted by molar-refractivity contribution is -0.114. The molecule has 3 rings (SSSR count). The Morgan fingerprint density at radius 1 is 0.895 bits per heavy atom. The summed E-state index contributed by atoms with van der Waals surface area (Å²) in [6.07, 6.45) is 15.2. The fourth-order valence-corrected chi connectivity index (χ4v) is 5.72. The SMILES string of the molecule is CCCC1CCC2C(CC[C@@H]3C[C@H](C=O)CC[C@H]23)C1. The van der Waals surface area contributed by atoms with Gasteiger partial charge in [-0.15, -0.1) is 0 Å². The van der Waals surface area contributed by atoms with Gasteiger partial charge in [-0.1, -0.05) is 26.2 Å². The van der Waals surface area contributed by atoms with Gasteiger partial charge in [-0.25, -0.2) is 0 Å². The first kappa shape index (κ1) is 13.6. The molecule has 0 saturated heterocycles. The second-order valence-corrected chi connectivity index (χ2v) is 7.60. The lowest BCUT2D eigenvalue weighted by Crippen LogP contribution is -2.41. The molecule has 1 heteroatoms. The fraction of sp³-hybridized carbons (Fsp3) is 0.944. The molecule has 1 nitrogen and oxygen atoms in total. The molecule has 0 aromatic heterocycles. The van der Waals surface area contributed by atoms with Gasteiger partial charge in [-0.05, 0) is 74.5 Å². The number of fused-ring (bicyclic) bond motifs is 3. The van der Waals surface area contributed by atoms with E-state index >= 15 is 0 Å². The van der Waals surface area contributed by atoms with Gasteiger partial charge in [-0.3, -0.25) is 0 Å². The highest BCUT2D eigenvalue weighted by atomic mass is 16.1. The van der Waals surface area contributed by atoms with Gasteiger partial charge in [0.1, 0.15) is 6.29 Å². The zero-order valence-electron chi connectivity index (χ0n) is 12.5. The normalized spacial score (nSPS) is 46.2. The van der Waals surface area contributed by atoms with E-state index in [1.54, 1.807) is 0 Å². The van der Waals surface area contributed by atoms with Crippen molar-refractivity contribution in [2.75, 3.05) is 0 Å². The Balaban J connectivity index is 1.62. The van der Waals surface area contributed by atoms with E-state index in [1.807, 2.05) is 0 Å². The van der Waals surface area contributed by atoms with E-state index in [9.17, 15) is 4.79 Å². The van der Waals surface area contributed by atoms with Gasteiger partial charge in [0.05, 0.1) is 0 Å². The Morgan fingerprint density at radius 3 is 2.26 bits per heavy atom. The highest BCUT2D eigenvalue weighted by Crippen LogP contribution is 2.53. The highest BCUT2D eigenvalue weighted by Gasteiger charge is 2.44. The number of rotatable bonds is 3. The molecule has 3 saturated carbocycles. The number of hydrogen-bond acceptors (Lipinski definition) is 1. The van der Waals surface area contributed by atoms with Crippen LogP contribution in [0.15, 0.2) is 0 Å². The number of carbonyl (C=O) groups excluding carboxylic acids is 1. The molecule has 108 valence electrons. The molecular formula is C18H30O. The minimum Gasteiger partial charge on any atom is -0.303 e. The average Bonchev–Trinajstić information content (AvgIpc) is 2.46. The van der Waals surface area contributed by atoms with Crippen LogP contribution < -0.4 is 0 Å². The Hall–Kier alpha value is -0.330. The van der Waals surface area contributed by atoms with Crippen LogP contribution in [0.2, 0.25) is 0 Å². The van der Waals surface area contributed by atoms with Crippen molar-refractivity contribution >= 4 is 6.29 Å². The van der Waals surface area contributed by atoms with Crippen LogP contribution >= 0.6 is 0 Å². The maximum atomic E-state index is 11.0. The Morgan fingerprint density at radius 2 is 1.58 bits per heavy atom. The van der Waals surface area contributed by atoms with E-state index in [-0.39, 0.29) is 0 Å². The average molecular weight is 262 g/mol. The molecule has 0 bridgehead atoms. The van der Waals surface area contributed by atoms with E-state index in [4.69, 9.17) is 0 Å². The summed E-state index contributed by atoms with van der Waals surface area (Å²) in [6, 6.07) is 0. The molecule has 0 aromatic rings. The second-order valence-electron chi connectivity index (χ2n) is 7.60. The molecule has 3 aliphatic carbocycles. The fourth-order valence-electron chi connectivity index (χ4n) is 5.72. The summed E-state index contributed by atoms with van der Waals surface area (Å²) in [5, 5.41) is 0. The van der Waals surface area contributed by atoms with E-state index < -0.39 is 0 Å². The molecule has 0 radical (unpaired) electrons. The molecule has 0 amide bonds. The van der Waals surface area contributed by atoms with Crippen molar-refractivity contribution in [2.24, 2.45) is 35.5 Å². The largest absolute Gasteiger partial charge is 0.303 e. The smallest absolute Gasteiger partial charge is 0.123 e. The molecule has 0 aliphatic heterocycles. The molecule has 0 N–H and O–H groups in total. The lowest BCUT2D eigenvalue weighted by atomic mass is 9.55. The van der Waals surface area contributed by atoms with Gasteiger partial charge in [-0.2, -0.15) is 0 Å². The minimum absolute atomic E-state index is 0.397. The summed E-state index contributed by atoms with van der Waals surface area (Å²) in [5.74, 6) is 5.38. The first-order chi connectivity index (χ1) is 9.31. The van der Waals surface area contributed by atoms with Crippen molar-refractivity contribution in [1.29, 1.82) is 0 Å². The summed E-state index contributed by atoms with van der Waals surface area (Å²) >= 11 is 0. The van der Waals surface area contributed by atoms with Crippen LogP contribution in [0.25, 0.3) is 0 Å². The minimum atomic E-state index is 0.397. The van der Waals surface area contributed by atoms with Gasteiger partial charge in [0, 0.05) is 5.92 Å². The first-order valence-corrected chi connectivity index (χ1v) is 8.77. The standard InChI is InChI=1S/C18H30O/c1-2-3-13-4-8-17-15(10-13)6-7-16-11-14(12-19)5-9-18(16)17/h12-18H,2-11H2,1H3/t13?,14-,15?,16-,17?,18+/m1/s1. The highest BCUT2D eigenvalue weighted by molar-refractivity contribution is 5.53. The number of hydrogen-bond donors (Lipinski definition) is 0. The third-order valence-electron chi connectivity index (χ3n) is 6.58. The Kier molecular flexibility index (Phi) is 4.29. The van der Waals surface area contributed by atoms with E-state index in [0.29, 0.717) is 5.92 Å². The van der Waals surface area contributed by atoms with Crippen molar-refractivity contribution < 1.29 is 4.79 Å². The van der Waals surface area contributed by atoms with E-state index in [1.165, 1.54) is 70.5 Å². The molecule has 6 atom stereocenters. The molecule has 19 heavy (non-hydrogen) atoms. The summed E-state index contributed by atoms with van der Waals surface area (Å²) in [5.41, 5.74) is 0. The van der Waals surface area contributed by atoms with E-state index in [2.05, 4.69) is 6.92 Å². The third-order valence-corrected chi connectivity index (χ3v) is 6.58. The molecule has 3 aliphatic rings. The van der Waals surface area contributed by atoms with Gasteiger partial charge in [0.15, 0.2) is 0 Å². The van der Waals surface area contributed by atoms with Crippen molar-refractivity contribution in [1.82, 2.24) is 0 Å². The van der Waals surface area contributed by atoms with Crippen LogP contribution in [-0.4, -0.2) is 6.29 Å². The Labute approximate surface area is 118 Å². The van der Waals surface area contributed by atoms with Gasteiger partial charge in [0.25, 0.3) is 0 Å². The predicted octanol–water partition coefficient (Wildman–Crippen LogP) is 4.84. The lowest BCUT2D eigenvalue weighted by Gasteiger charge is -2.50. The molecule has 0 aromatic carbocycles. The molecule has 3 unspecified atom stereocenters. The van der Waals surface area contributed by atoms with Crippen molar-refractivity contribution in [2.45, 2.75) is 71.1 Å².